The summed E-state index contributed by atoms with van der Waals surface area (Å²) in [4.78, 5) is 34.9. The minimum absolute atomic E-state index is 0.110. The Kier molecular flexibility index (Phi) is 38.3. The van der Waals surface area contributed by atoms with Crippen LogP contribution >= 0.6 is 7.82 Å². The summed E-state index contributed by atoms with van der Waals surface area (Å²) < 4.78 is 32.6. The van der Waals surface area contributed by atoms with Crippen molar-refractivity contribution in [2.45, 2.75) is 161 Å². The molecule has 320 valence electrons. The van der Waals surface area contributed by atoms with Gasteiger partial charge in [-0.1, -0.05) is 144 Å². The van der Waals surface area contributed by atoms with Crippen LogP contribution in [0.3, 0.4) is 0 Å². The maximum atomic E-state index is 12.6. The van der Waals surface area contributed by atoms with Crippen LogP contribution in [0.1, 0.15) is 149 Å². The van der Waals surface area contributed by atoms with E-state index in [9.17, 15) is 24.2 Å². The van der Waals surface area contributed by atoms with E-state index in [1.807, 2.05) is 12.2 Å². The van der Waals surface area contributed by atoms with Gasteiger partial charge in [0.15, 0.2) is 6.10 Å². The number of carbonyl (C=O) groups excluding carboxylic acids is 2. The van der Waals surface area contributed by atoms with E-state index in [1.165, 1.54) is 32.1 Å². The first-order valence-corrected chi connectivity index (χ1v) is 22.5. The minimum Gasteiger partial charge on any atom is -0.462 e. The molecule has 0 saturated heterocycles. The highest BCUT2D eigenvalue weighted by Gasteiger charge is 2.27. The van der Waals surface area contributed by atoms with Crippen LogP contribution in [0.2, 0.25) is 0 Å². The van der Waals surface area contributed by atoms with Crippen LogP contribution in [0.25, 0.3) is 0 Å². The molecular formula is C45H75O10P. The van der Waals surface area contributed by atoms with Crippen molar-refractivity contribution in [1.82, 2.24) is 0 Å². The first-order chi connectivity index (χ1) is 27.2. The highest BCUT2D eigenvalue weighted by Crippen LogP contribution is 2.43. The van der Waals surface area contributed by atoms with Crippen molar-refractivity contribution >= 4 is 19.8 Å². The number of hydrogen-bond donors (Lipinski definition) is 3. The molecule has 0 aliphatic carbocycles. The molecule has 0 aromatic carbocycles. The molecule has 0 heterocycles. The van der Waals surface area contributed by atoms with E-state index in [0.29, 0.717) is 12.8 Å². The van der Waals surface area contributed by atoms with Gasteiger partial charge in [0, 0.05) is 12.8 Å². The molecule has 0 aliphatic rings. The maximum absolute atomic E-state index is 12.6. The summed E-state index contributed by atoms with van der Waals surface area (Å²) >= 11 is 0. The molecule has 3 N–H and O–H groups in total. The molecule has 0 bridgehead atoms. The summed E-state index contributed by atoms with van der Waals surface area (Å²) in [7, 11) is -4.64. The summed E-state index contributed by atoms with van der Waals surface area (Å²) in [5, 5.41) is 18.3. The summed E-state index contributed by atoms with van der Waals surface area (Å²) in [5.74, 6) is -1.04. The highest BCUT2D eigenvalue weighted by molar-refractivity contribution is 7.47. The number of phosphoric ester groups is 1. The number of carbonyl (C=O) groups is 2. The van der Waals surface area contributed by atoms with Crippen LogP contribution in [0, 0.1) is 0 Å². The van der Waals surface area contributed by atoms with Crippen molar-refractivity contribution in [1.29, 1.82) is 0 Å². The van der Waals surface area contributed by atoms with Gasteiger partial charge in [0.2, 0.25) is 0 Å². The lowest BCUT2D eigenvalue weighted by molar-refractivity contribution is -0.161. The number of esters is 2. The molecular weight excluding hydrogens is 731 g/mol. The molecule has 0 radical (unpaired) electrons. The average molecular weight is 807 g/mol. The normalized spacial score (nSPS) is 14.7. The second kappa shape index (κ2) is 40.4. The van der Waals surface area contributed by atoms with E-state index in [0.717, 1.165) is 77.0 Å². The monoisotopic (exact) mass is 807 g/mol. The van der Waals surface area contributed by atoms with Gasteiger partial charge >= 0.3 is 19.8 Å². The van der Waals surface area contributed by atoms with Gasteiger partial charge < -0.3 is 24.6 Å². The first kappa shape index (κ1) is 53.1. The Morgan fingerprint density at radius 2 is 1.02 bits per heavy atom. The summed E-state index contributed by atoms with van der Waals surface area (Å²) in [6.45, 7) is 2.14. The van der Waals surface area contributed by atoms with Crippen molar-refractivity contribution in [3.05, 3.63) is 85.1 Å². The predicted octanol–water partition coefficient (Wildman–Crippen LogP) is 11.1. The van der Waals surface area contributed by atoms with Gasteiger partial charge in [-0.15, -0.1) is 0 Å². The van der Waals surface area contributed by atoms with Crippen LogP contribution in [0.5, 0.6) is 0 Å². The van der Waals surface area contributed by atoms with Crippen LogP contribution in [-0.4, -0.2) is 65.7 Å². The average Bonchev–Trinajstić information content (AvgIpc) is 3.19. The summed E-state index contributed by atoms with van der Waals surface area (Å²) in [6, 6.07) is 0. The summed E-state index contributed by atoms with van der Waals surface area (Å²) in [5.41, 5.74) is 0. The maximum Gasteiger partial charge on any atom is 0.472 e. The third-order valence-electron chi connectivity index (χ3n) is 8.30. The fraction of sp³-hybridized carbons (Fsp3) is 0.644. The lowest BCUT2D eigenvalue weighted by atomic mass is 10.1. The largest absolute Gasteiger partial charge is 0.472 e. The first-order valence-electron chi connectivity index (χ1n) is 21.0. The number of aliphatic hydroxyl groups is 2. The second-order valence-corrected chi connectivity index (χ2v) is 15.1. The third kappa shape index (κ3) is 39.4. The van der Waals surface area contributed by atoms with Crippen molar-refractivity contribution in [3.63, 3.8) is 0 Å². The van der Waals surface area contributed by atoms with Crippen molar-refractivity contribution in [2.75, 3.05) is 26.4 Å². The molecule has 0 aromatic heterocycles. The lowest BCUT2D eigenvalue weighted by Gasteiger charge is -2.20. The topological polar surface area (TPSA) is 149 Å². The van der Waals surface area contributed by atoms with Crippen molar-refractivity contribution in [2.24, 2.45) is 0 Å². The zero-order valence-electron chi connectivity index (χ0n) is 34.6. The van der Waals surface area contributed by atoms with E-state index >= 15 is 0 Å². The standard InChI is InChI=1S/C45H75O10P/c1-3-5-7-9-11-13-15-17-19-20-21-22-23-25-26-28-30-32-34-36-44(48)52-40-43(41-54-56(50,51)53-39-42(47)38-46)55-45(49)37-35-33-31-29-27-24-18-16-14-12-10-8-6-4-2/h5,7,11,13,16-19,21-22,25-26,30,32,42-43,46-47H,3-4,6,8-10,12,14-15,20,23-24,27-29,31,33-41H2,1-2H3,(H,50,51)/b7-5-,13-11-,18-16-,19-17-,22-21-,26-25-,32-30-/t42-,43+/m0/s1. The number of hydrogen-bond acceptors (Lipinski definition) is 9. The highest BCUT2D eigenvalue weighted by atomic mass is 31.2. The zero-order chi connectivity index (χ0) is 41.2. The minimum atomic E-state index is -4.64. The van der Waals surface area contributed by atoms with Gasteiger partial charge in [0.25, 0.3) is 0 Å². The smallest absolute Gasteiger partial charge is 0.462 e. The van der Waals surface area contributed by atoms with E-state index in [4.69, 9.17) is 19.1 Å². The lowest BCUT2D eigenvalue weighted by Crippen LogP contribution is -2.29. The number of phosphoric acid groups is 1. The zero-order valence-corrected chi connectivity index (χ0v) is 35.5. The molecule has 0 aliphatic heterocycles. The molecule has 10 nitrogen and oxygen atoms in total. The van der Waals surface area contributed by atoms with Gasteiger partial charge in [0.05, 0.1) is 19.8 Å². The van der Waals surface area contributed by atoms with E-state index in [-0.39, 0.29) is 19.4 Å². The number of unbranched alkanes of at least 4 members (excludes halogenated alkanes) is 10. The van der Waals surface area contributed by atoms with Crippen LogP contribution in [-0.2, 0) is 32.7 Å². The van der Waals surface area contributed by atoms with Gasteiger partial charge in [0.1, 0.15) is 12.7 Å². The number of aliphatic hydroxyl groups excluding tert-OH is 2. The molecule has 3 atom stereocenters. The third-order valence-corrected chi connectivity index (χ3v) is 9.25. The van der Waals surface area contributed by atoms with Crippen LogP contribution in [0.15, 0.2) is 85.1 Å². The molecule has 0 aromatic rings. The molecule has 56 heavy (non-hydrogen) atoms. The van der Waals surface area contributed by atoms with Gasteiger partial charge in [-0.2, -0.15) is 0 Å². The Balaban J connectivity index is 4.46. The molecule has 0 rings (SSSR count). The molecule has 0 fully saturated rings. The van der Waals surface area contributed by atoms with Gasteiger partial charge in [-0.25, -0.2) is 4.57 Å². The Morgan fingerprint density at radius 3 is 1.55 bits per heavy atom. The van der Waals surface area contributed by atoms with Crippen LogP contribution < -0.4 is 0 Å². The molecule has 0 spiro atoms. The Hall–Kier alpha value is -2.85. The van der Waals surface area contributed by atoms with Crippen LogP contribution in [0.4, 0.5) is 0 Å². The molecule has 0 amide bonds. The quantitative estimate of drug-likeness (QED) is 0.0238. The number of ether oxygens (including phenoxy) is 2. The number of rotatable bonds is 38. The van der Waals surface area contributed by atoms with Gasteiger partial charge in [-0.3, -0.25) is 18.6 Å². The van der Waals surface area contributed by atoms with E-state index in [2.05, 4.69) is 91.3 Å². The van der Waals surface area contributed by atoms with E-state index < -0.39 is 51.8 Å². The van der Waals surface area contributed by atoms with Crippen molar-refractivity contribution < 1.29 is 47.8 Å². The SMILES string of the molecule is CC/C=C\C/C=C\C/C=C\C/C=C\C/C=C\C/C=C\CCC(=O)OC[C@H](COP(=O)(O)OC[C@@H](O)CO)OC(=O)CCCCCCC/C=C\CCCCCCC. The van der Waals surface area contributed by atoms with Gasteiger partial charge in [-0.05, 0) is 77.0 Å². The Morgan fingerprint density at radius 1 is 0.554 bits per heavy atom. The fourth-order valence-corrected chi connectivity index (χ4v) is 5.86. The predicted molar refractivity (Wildman–Crippen MR) is 228 cm³/mol. The van der Waals surface area contributed by atoms with Crippen molar-refractivity contribution in [3.8, 4) is 0 Å². The number of allylic oxidation sites excluding steroid dienone is 14. The Labute approximate surface area is 339 Å². The second-order valence-electron chi connectivity index (χ2n) is 13.6. The van der Waals surface area contributed by atoms with E-state index in [1.54, 1.807) is 0 Å². The molecule has 11 heteroatoms. The fourth-order valence-electron chi connectivity index (χ4n) is 5.07. The Bertz CT molecular complexity index is 1200. The molecule has 1 unspecified atom stereocenters. The molecule has 0 saturated carbocycles. The summed E-state index contributed by atoms with van der Waals surface area (Å²) in [6.07, 6.45) is 47.1.